The van der Waals surface area contributed by atoms with Gasteiger partial charge in [0.1, 0.15) is 17.4 Å². The van der Waals surface area contributed by atoms with Crippen LogP contribution in [0.5, 0.6) is 0 Å². The first-order valence-corrected chi connectivity index (χ1v) is 6.13. The highest BCUT2D eigenvalue weighted by molar-refractivity contribution is 5.81. The number of aryl methyl sites for hydroxylation is 2. The Labute approximate surface area is 108 Å². The highest BCUT2D eigenvalue weighted by Crippen LogP contribution is 2.22. The molecule has 4 heteroatoms. The van der Waals surface area contributed by atoms with E-state index in [4.69, 9.17) is 9.68 Å². The topological polar surface area (TPSA) is 66.0 Å². The Morgan fingerprint density at radius 1 is 1.39 bits per heavy atom. The van der Waals surface area contributed by atoms with E-state index in [2.05, 4.69) is 5.32 Å². The summed E-state index contributed by atoms with van der Waals surface area (Å²) >= 11 is 0. The molecule has 1 N–H and O–H groups in total. The molecule has 0 aliphatic rings. The van der Waals surface area contributed by atoms with Gasteiger partial charge >= 0.3 is 0 Å². The lowest BCUT2D eigenvalue weighted by molar-refractivity contribution is -0.125. The van der Waals surface area contributed by atoms with Crippen molar-refractivity contribution in [2.45, 2.75) is 40.7 Å². The zero-order valence-corrected chi connectivity index (χ0v) is 11.6. The molecule has 1 amide bonds. The van der Waals surface area contributed by atoms with Gasteiger partial charge in [0.2, 0.25) is 5.91 Å². The molecule has 0 radical (unpaired) electrons. The summed E-state index contributed by atoms with van der Waals surface area (Å²) in [6.45, 7) is 9.37. The molecule has 18 heavy (non-hydrogen) atoms. The molecule has 0 saturated carbocycles. The molecule has 98 valence electrons. The predicted molar refractivity (Wildman–Crippen MR) is 68.7 cm³/mol. The largest absolute Gasteiger partial charge is 0.466 e. The summed E-state index contributed by atoms with van der Waals surface area (Å²) in [4.78, 5) is 12.0. The number of furan rings is 1. The first kappa shape index (κ1) is 14.3. The van der Waals surface area contributed by atoms with E-state index in [-0.39, 0.29) is 17.9 Å². The SMILES string of the molecule is Cc1cc(C(C)NC(=O)C(C#N)C(C)C)c(C)o1. The molecule has 0 aromatic carbocycles. The van der Waals surface area contributed by atoms with Crippen molar-refractivity contribution < 1.29 is 9.21 Å². The smallest absolute Gasteiger partial charge is 0.238 e. The molecular formula is C14H20N2O2. The number of carbonyl (C=O) groups is 1. The number of nitriles is 1. The van der Waals surface area contributed by atoms with Gasteiger partial charge in [-0.2, -0.15) is 5.26 Å². The first-order valence-electron chi connectivity index (χ1n) is 6.13. The van der Waals surface area contributed by atoms with E-state index in [1.807, 2.05) is 46.8 Å². The fourth-order valence-electron chi connectivity index (χ4n) is 1.97. The minimum atomic E-state index is -0.610. The van der Waals surface area contributed by atoms with Gasteiger partial charge in [-0.3, -0.25) is 4.79 Å². The number of hydrogen-bond acceptors (Lipinski definition) is 3. The number of nitrogens with zero attached hydrogens (tertiary/aromatic N) is 1. The molecule has 0 fully saturated rings. The van der Waals surface area contributed by atoms with Gasteiger partial charge in [0.15, 0.2) is 0 Å². The Morgan fingerprint density at radius 3 is 2.39 bits per heavy atom. The van der Waals surface area contributed by atoms with Crippen LogP contribution in [0.3, 0.4) is 0 Å². The second-order valence-electron chi connectivity index (χ2n) is 4.95. The van der Waals surface area contributed by atoms with Crippen LogP contribution in [0.4, 0.5) is 0 Å². The Bertz CT molecular complexity index is 469. The van der Waals surface area contributed by atoms with E-state index in [0.717, 1.165) is 17.1 Å². The molecule has 2 unspecified atom stereocenters. The molecule has 0 saturated heterocycles. The summed E-state index contributed by atoms with van der Waals surface area (Å²) < 4.78 is 5.44. The molecular weight excluding hydrogens is 228 g/mol. The van der Waals surface area contributed by atoms with Gasteiger partial charge in [-0.15, -0.1) is 0 Å². The third kappa shape index (κ3) is 3.13. The summed E-state index contributed by atoms with van der Waals surface area (Å²) in [5, 5.41) is 11.8. The van der Waals surface area contributed by atoms with Gasteiger partial charge in [0.25, 0.3) is 0 Å². The molecule has 4 nitrogen and oxygen atoms in total. The lowest BCUT2D eigenvalue weighted by atomic mass is 9.96. The minimum absolute atomic E-state index is 0.00869. The van der Waals surface area contributed by atoms with Crippen LogP contribution in [0.2, 0.25) is 0 Å². The van der Waals surface area contributed by atoms with E-state index in [0.29, 0.717) is 0 Å². The average molecular weight is 248 g/mol. The van der Waals surface area contributed by atoms with Crippen molar-refractivity contribution in [1.82, 2.24) is 5.32 Å². The van der Waals surface area contributed by atoms with Crippen molar-refractivity contribution in [3.05, 3.63) is 23.2 Å². The third-order valence-electron chi connectivity index (χ3n) is 2.99. The molecule has 1 aromatic rings. The molecule has 0 spiro atoms. The van der Waals surface area contributed by atoms with Crippen LogP contribution in [0.15, 0.2) is 10.5 Å². The van der Waals surface area contributed by atoms with Gasteiger partial charge < -0.3 is 9.73 Å². The first-order chi connectivity index (χ1) is 8.36. The summed E-state index contributed by atoms with van der Waals surface area (Å²) in [5.74, 6) is 0.802. The van der Waals surface area contributed by atoms with Crippen molar-refractivity contribution in [2.75, 3.05) is 0 Å². The molecule has 0 aliphatic heterocycles. The summed E-state index contributed by atoms with van der Waals surface area (Å²) in [5.41, 5.74) is 0.960. The molecule has 1 rings (SSSR count). The summed E-state index contributed by atoms with van der Waals surface area (Å²) in [6.07, 6.45) is 0. The molecule has 0 bridgehead atoms. The van der Waals surface area contributed by atoms with Gasteiger partial charge in [-0.1, -0.05) is 13.8 Å². The highest BCUT2D eigenvalue weighted by Gasteiger charge is 2.24. The molecule has 1 heterocycles. The maximum Gasteiger partial charge on any atom is 0.238 e. The number of hydrogen-bond donors (Lipinski definition) is 1. The lowest BCUT2D eigenvalue weighted by Gasteiger charge is -2.17. The highest BCUT2D eigenvalue weighted by atomic mass is 16.3. The molecule has 0 aliphatic carbocycles. The predicted octanol–water partition coefficient (Wildman–Crippen LogP) is 2.87. The van der Waals surface area contributed by atoms with Crippen LogP contribution in [0, 0.1) is 37.0 Å². The number of rotatable bonds is 4. The normalized spacial score (nSPS) is 14.1. The quantitative estimate of drug-likeness (QED) is 0.891. The molecule has 2 atom stereocenters. The minimum Gasteiger partial charge on any atom is -0.466 e. The fraction of sp³-hybridized carbons (Fsp3) is 0.571. The summed E-state index contributed by atoms with van der Waals surface area (Å²) in [7, 11) is 0. The van der Waals surface area contributed by atoms with E-state index < -0.39 is 5.92 Å². The van der Waals surface area contributed by atoms with Crippen LogP contribution in [0.1, 0.15) is 43.9 Å². The van der Waals surface area contributed by atoms with E-state index in [9.17, 15) is 4.79 Å². The Hall–Kier alpha value is -1.76. The fourth-order valence-corrected chi connectivity index (χ4v) is 1.97. The van der Waals surface area contributed by atoms with Crippen LogP contribution in [-0.4, -0.2) is 5.91 Å². The van der Waals surface area contributed by atoms with Crippen molar-refractivity contribution in [3.8, 4) is 6.07 Å². The van der Waals surface area contributed by atoms with Gasteiger partial charge in [-0.25, -0.2) is 0 Å². The zero-order valence-electron chi connectivity index (χ0n) is 11.6. The maximum atomic E-state index is 12.0. The lowest BCUT2D eigenvalue weighted by Crippen LogP contribution is -2.34. The Balaban J connectivity index is 2.77. The van der Waals surface area contributed by atoms with Crippen molar-refractivity contribution in [1.29, 1.82) is 5.26 Å². The second kappa shape index (κ2) is 5.72. The van der Waals surface area contributed by atoms with Gasteiger partial charge in [-0.05, 0) is 32.8 Å². The second-order valence-corrected chi connectivity index (χ2v) is 4.95. The van der Waals surface area contributed by atoms with Crippen molar-refractivity contribution >= 4 is 5.91 Å². The average Bonchev–Trinajstić information content (AvgIpc) is 2.58. The van der Waals surface area contributed by atoms with Crippen LogP contribution in [0.25, 0.3) is 0 Å². The maximum absolute atomic E-state index is 12.0. The monoisotopic (exact) mass is 248 g/mol. The van der Waals surface area contributed by atoms with E-state index in [1.165, 1.54) is 0 Å². The number of amides is 1. The number of nitrogens with one attached hydrogen (secondary N) is 1. The Kier molecular flexibility index (Phi) is 4.55. The Morgan fingerprint density at radius 2 is 2.00 bits per heavy atom. The van der Waals surface area contributed by atoms with Crippen molar-refractivity contribution in [3.63, 3.8) is 0 Å². The van der Waals surface area contributed by atoms with Crippen LogP contribution < -0.4 is 5.32 Å². The third-order valence-corrected chi connectivity index (χ3v) is 2.99. The number of carbonyl (C=O) groups excluding carboxylic acids is 1. The van der Waals surface area contributed by atoms with Crippen molar-refractivity contribution in [2.24, 2.45) is 11.8 Å². The zero-order chi connectivity index (χ0) is 13.9. The standard InChI is InChI=1S/C14H20N2O2/c1-8(2)13(7-15)14(17)16-10(4)12-6-9(3)18-11(12)5/h6,8,10,13H,1-5H3,(H,16,17). The van der Waals surface area contributed by atoms with E-state index >= 15 is 0 Å². The van der Waals surface area contributed by atoms with Gasteiger partial charge in [0, 0.05) is 5.56 Å². The van der Waals surface area contributed by atoms with Crippen LogP contribution >= 0.6 is 0 Å². The molecule has 1 aromatic heterocycles. The summed E-state index contributed by atoms with van der Waals surface area (Å²) in [6, 6.07) is 3.81. The van der Waals surface area contributed by atoms with Crippen LogP contribution in [-0.2, 0) is 4.79 Å². The van der Waals surface area contributed by atoms with E-state index in [1.54, 1.807) is 0 Å². The van der Waals surface area contributed by atoms with Gasteiger partial charge in [0.05, 0.1) is 12.1 Å².